The van der Waals surface area contributed by atoms with E-state index in [9.17, 15) is 13.2 Å². The quantitative estimate of drug-likeness (QED) is 0.713. The summed E-state index contributed by atoms with van der Waals surface area (Å²) in [7, 11) is -3.68. The molecule has 0 atom stereocenters. The Bertz CT molecular complexity index is 1170. The molecule has 7 nitrogen and oxygen atoms in total. The van der Waals surface area contributed by atoms with Crippen LogP contribution in [-0.2, 0) is 14.8 Å². The fraction of sp³-hybridized carbons (Fsp3) is 0.238. The summed E-state index contributed by atoms with van der Waals surface area (Å²) in [5.41, 5.74) is 2.41. The van der Waals surface area contributed by atoms with E-state index in [0.717, 1.165) is 10.9 Å². The molecule has 0 saturated carbocycles. The summed E-state index contributed by atoms with van der Waals surface area (Å²) < 4.78 is 32.5. The zero-order chi connectivity index (χ0) is 20.4. The fourth-order valence-corrected chi connectivity index (χ4v) is 4.78. The molecule has 1 amide bonds. The van der Waals surface area contributed by atoms with E-state index in [2.05, 4.69) is 10.3 Å². The van der Waals surface area contributed by atoms with E-state index in [0.29, 0.717) is 43.1 Å². The largest absolute Gasteiger partial charge is 0.379 e. The first-order chi connectivity index (χ1) is 14.0. The van der Waals surface area contributed by atoms with Crippen molar-refractivity contribution < 1.29 is 17.9 Å². The molecular weight excluding hydrogens is 390 g/mol. The van der Waals surface area contributed by atoms with Crippen LogP contribution in [0.4, 0.5) is 5.69 Å². The number of benzene rings is 2. The lowest BCUT2D eigenvalue weighted by atomic mass is 10.1. The number of anilines is 1. The monoisotopic (exact) mass is 411 g/mol. The third kappa shape index (κ3) is 3.87. The van der Waals surface area contributed by atoms with Gasteiger partial charge < -0.3 is 10.1 Å². The zero-order valence-corrected chi connectivity index (χ0v) is 16.8. The Morgan fingerprint density at radius 2 is 1.90 bits per heavy atom. The van der Waals surface area contributed by atoms with Gasteiger partial charge in [0.05, 0.1) is 29.3 Å². The molecule has 2 aromatic carbocycles. The Morgan fingerprint density at radius 3 is 2.69 bits per heavy atom. The second-order valence-electron chi connectivity index (χ2n) is 6.82. The second kappa shape index (κ2) is 7.90. The van der Waals surface area contributed by atoms with E-state index in [1.807, 2.05) is 18.2 Å². The molecule has 1 aliphatic heterocycles. The van der Waals surface area contributed by atoms with Gasteiger partial charge in [-0.05, 0) is 48.9 Å². The van der Waals surface area contributed by atoms with Gasteiger partial charge in [-0.3, -0.25) is 9.78 Å². The minimum absolute atomic E-state index is 0.106. The minimum Gasteiger partial charge on any atom is -0.379 e. The van der Waals surface area contributed by atoms with Crippen molar-refractivity contribution in [2.45, 2.75) is 11.8 Å². The van der Waals surface area contributed by atoms with Crippen molar-refractivity contribution in [2.75, 3.05) is 31.6 Å². The SMILES string of the molecule is Cc1ccc(S(=O)(=O)N2CCOCC2)cc1C(=O)Nc1cccc2ncccc12. The van der Waals surface area contributed by atoms with Gasteiger partial charge in [-0.25, -0.2) is 8.42 Å². The first kappa shape index (κ1) is 19.5. The van der Waals surface area contributed by atoms with Gasteiger partial charge in [0, 0.05) is 30.2 Å². The predicted octanol–water partition coefficient (Wildman–Crippen LogP) is 2.82. The number of aromatic nitrogens is 1. The number of nitrogens with one attached hydrogen (secondary N) is 1. The maximum Gasteiger partial charge on any atom is 0.255 e. The van der Waals surface area contributed by atoms with Gasteiger partial charge >= 0.3 is 0 Å². The standard InChI is InChI=1S/C21H21N3O4S/c1-15-7-8-16(29(26,27)24-10-12-28-13-11-24)14-18(15)21(25)23-20-6-2-5-19-17(20)4-3-9-22-19/h2-9,14H,10-13H2,1H3,(H,23,25). The van der Waals surface area contributed by atoms with Crippen molar-refractivity contribution in [1.82, 2.24) is 9.29 Å². The van der Waals surface area contributed by atoms with E-state index in [1.54, 1.807) is 37.4 Å². The number of hydrogen-bond donors (Lipinski definition) is 1. The van der Waals surface area contributed by atoms with Gasteiger partial charge in [-0.1, -0.05) is 12.1 Å². The van der Waals surface area contributed by atoms with E-state index >= 15 is 0 Å². The maximum absolute atomic E-state index is 13.0. The summed E-state index contributed by atoms with van der Waals surface area (Å²) in [6.07, 6.45) is 1.69. The lowest BCUT2D eigenvalue weighted by Crippen LogP contribution is -2.40. The highest BCUT2D eigenvalue weighted by atomic mass is 32.2. The van der Waals surface area contributed by atoms with Crippen LogP contribution in [0, 0.1) is 6.92 Å². The molecule has 0 unspecified atom stereocenters. The van der Waals surface area contributed by atoms with Gasteiger partial charge in [0.15, 0.2) is 0 Å². The molecule has 29 heavy (non-hydrogen) atoms. The first-order valence-electron chi connectivity index (χ1n) is 9.30. The fourth-order valence-electron chi connectivity index (χ4n) is 3.34. The number of sulfonamides is 1. The molecule has 1 saturated heterocycles. The molecule has 4 rings (SSSR count). The molecule has 0 aliphatic carbocycles. The Kier molecular flexibility index (Phi) is 5.31. The highest BCUT2D eigenvalue weighted by Crippen LogP contribution is 2.24. The molecule has 8 heteroatoms. The Hall–Kier alpha value is -2.81. The molecule has 1 fully saturated rings. The summed E-state index contributed by atoms with van der Waals surface area (Å²) >= 11 is 0. The van der Waals surface area contributed by atoms with Crippen LogP contribution in [0.1, 0.15) is 15.9 Å². The minimum atomic E-state index is -3.68. The molecule has 0 bridgehead atoms. The van der Waals surface area contributed by atoms with Crippen molar-refractivity contribution >= 4 is 32.5 Å². The summed E-state index contributed by atoms with van der Waals surface area (Å²) in [6, 6.07) is 13.8. The maximum atomic E-state index is 13.0. The van der Waals surface area contributed by atoms with Crippen molar-refractivity contribution in [3.05, 3.63) is 65.9 Å². The highest BCUT2D eigenvalue weighted by Gasteiger charge is 2.27. The number of rotatable bonds is 4. The Morgan fingerprint density at radius 1 is 1.10 bits per heavy atom. The van der Waals surface area contributed by atoms with Crippen LogP contribution in [0.3, 0.4) is 0 Å². The normalized spacial score (nSPS) is 15.3. The van der Waals surface area contributed by atoms with Gasteiger partial charge in [-0.2, -0.15) is 4.31 Å². The average Bonchev–Trinajstić information content (AvgIpc) is 2.75. The number of pyridine rings is 1. The van der Waals surface area contributed by atoms with E-state index < -0.39 is 10.0 Å². The van der Waals surface area contributed by atoms with E-state index in [4.69, 9.17) is 4.74 Å². The Labute approximate surface area is 169 Å². The van der Waals surface area contributed by atoms with Crippen LogP contribution in [-0.4, -0.2) is 49.9 Å². The number of morpholine rings is 1. The molecule has 0 spiro atoms. The topological polar surface area (TPSA) is 88.6 Å². The average molecular weight is 411 g/mol. The third-order valence-corrected chi connectivity index (χ3v) is 6.85. The van der Waals surface area contributed by atoms with E-state index in [1.165, 1.54) is 10.4 Å². The number of amides is 1. The lowest BCUT2D eigenvalue weighted by molar-refractivity contribution is 0.0730. The number of carbonyl (C=O) groups is 1. The van der Waals surface area contributed by atoms with Gasteiger partial charge in [0.2, 0.25) is 10.0 Å². The number of ether oxygens (including phenoxy) is 1. The van der Waals surface area contributed by atoms with Crippen molar-refractivity contribution in [3.8, 4) is 0 Å². The van der Waals surface area contributed by atoms with Crippen molar-refractivity contribution in [3.63, 3.8) is 0 Å². The number of hydrogen-bond acceptors (Lipinski definition) is 5. The summed E-state index contributed by atoms with van der Waals surface area (Å²) in [4.78, 5) is 17.4. The molecular formula is C21H21N3O4S. The molecule has 1 aromatic heterocycles. The number of nitrogens with zero attached hydrogens (tertiary/aromatic N) is 2. The van der Waals surface area contributed by atoms with Gasteiger partial charge in [0.25, 0.3) is 5.91 Å². The van der Waals surface area contributed by atoms with Crippen LogP contribution in [0.25, 0.3) is 10.9 Å². The smallest absolute Gasteiger partial charge is 0.255 e. The molecule has 150 valence electrons. The lowest BCUT2D eigenvalue weighted by Gasteiger charge is -2.26. The van der Waals surface area contributed by atoms with Crippen LogP contribution < -0.4 is 5.32 Å². The molecule has 0 radical (unpaired) electrons. The summed E-state index contributed by atoms with van der Waals surface area (Å²) in [5, 5.41) is 3.71. The number of aryl methyl sites for hydroxylation is 1. The third-order valence-electron chi connectivity index (χ3n) is 4.96. The summed E-state index contributed by atoms with van der Waals surface area (Å²) in [6.45, 7) is 3.13. The predicted molar refractivity (Wildman–Crippen MR) is 110 cm³/mol. The molecule has 1 N–H and O–H groups in total. The molecule has 3 aromatic rings. The van der Waals surface area contributed by atoms with E-state index in [-0.39, 0.29) is 10.8 Å². The van der Waals surface area contributed by atoms with Crippen molar-refractivity contribution in [2.24, 2.45) is 0 Å². The van der Waals surface area contributed by atoms with Crippen molar-refractivity contribution in [1.29, 1.82) is 0 Å². The Balaban J connectivity index is 1.66. The van der Waals surface area contributed by atoms with Crippen LogP contribution in [0.5, 0.6) is 0 Å². The number of carbonyl (C=O) groups excluding carboxylic acids is 1. The van der Waals surface area contributed by atoms with Crippen LogP contribution in [0.2, 0.25) is 0 Å². The first-order valence-corrected chi connectivity index (χ1v) is 10.7. The molecule has 2 heterocycles. The highest BCUT2D eigenvalue weighted by molar-refractivity contribution is 7.89. The van der Waals surface area contributed by atoms with Gasteiger partial charge in [-0.15, -0.1) is 0 Å². The number of fused-ring (bicyclic) bond motifs is 1. The van der Waals surface area contributed by atoms with Gasteiger partial charge in [0.1, 0.15) is 0 Å². The van der Waals surface area contributed by atoms with Crippen LogP contribution >= 0.6 is 0 Å². The summed E-state index contributed by atoms with van der Waals surface area (Å²) in [5.74, 6) is -0.363. The zero-order valence-electron chi connectivity index (χ0n) is 16.0. The second-order valence-corrected chi connectivity index (χ2v) is 8.76. The van der Waals surface area contributed by atoms with Crippen LogP contribution in [0.15, 0.2) is 59.6 Å². The molecule has 1 aliphatic rings.